The summed E-state index contributed by atoms with van der Waals surface area (Å²) in [4.78, 5) is 28.4. The first kappa shape index (κ1) is 23.7. The zero-order valence-corrected chi connectivity index (χ0v) is 20.3. The molecule has 0 unspecified atom stereocenters. The van der Waals surface area contributed by atoms with Crippen molar-refractivity contribution in [1.29, 1.82) is 0 Å². The van der Waals surface area contributed by atoms with Crippen LogP contribution >= 0.6 is 31.9 Å². The average Bonchev–Trinajstić information content (AvgIpc) is 2.70. The van der Waals surface area contributed by atoms with E-state index < -0.39 is 5.97 Å². The van der Waals surface area contributed by atoms with Crippen LogP contribution in [-0.4, -0.2) is 58.6 Å². The molecule has 0 radical (unpaired) electrons. The molecule has 31 heavy (non-hydrogen) atoms. The maximum atomic E-state index is 13.1. The van der Waals surface area contributed by atoms with Crippen LogP contribution < -0.4 is 4.74 Å². The van der Waals surface area contributed by atoms with Gasteiger partial charge in [0.15, 0.2) is 6.61 Å². The van der Waals surface area contributed by atoms with E-state index in [0.29, 0.717) is 28.6 Å². The number of aromatic carboxylic acids is 1. The summed E-state index contributed by atoms with van der Waals surface area (Å²) in [5.41, 5.74) is 0.990. The van der Waals surface area contributed by atoms with Crippen LogP contribution in [0, 0.1) is 5.82 Å². The molecule has 6 nitrogen and oxygen atoms in total. The minimum Gasteiger partial charge on any atom is -0.482 e. The van der Waals surface area contributed by atoms with Crippen molar-refractivity contribution in [1.82, 2.24) is 9.80 Å². The van der Waals surface area contributed by atoms with Gasteiger partial charge in [0, 0.05) is 36.2 Å². The molecule has 0 aromatic heterocycles. The first-order chi connectivity index (χ1) is 14.7. The summed E-state index contributed by atoms with van der Waals surface area (Å²) in [6, 6.07) is 9.62. The van der Waals surface area contributed by atoms with Gasteiger partial charge in [0.1, 0.15) is 17.1 Å². The third-order valence-corrected chi connectivity index (χ3v) is 6.36. The Morgan fingerprint density at radius 2 is 1.81 bits per heavy atom. The van der Waals surface area contributed by atoms with Gasteiger partial charge in [0.25, 0.3) is 5.91 Å². The summed E-state index contributed by atoms with van der Waals surface area (Å²) >= 11 is 6.56. The number of hydrogen-bond donors (Lipinski definition) is 1. The molecular weight excluding hydrogens is 535 g/mol. The Morgan fingerprint density at radius 1 is 1.13 bits per heavy atom. The number of ether oxygens (including phenoxy) is 1. The highest BCUT2D eigenvalue weighted by atomic mass is 79.9. The van der Waals surface area contributed by atoms with Crippen molar-refractivity contribution < 1.29 is 23.8 Å². The zero-order valence-electron chi connectivity index (χ0n) is 17.1. The summed E-state index contributed by atoms with van der Waals surface area (Å²) in [5.74, 6) is -1.48. The highest BCUT2D eigenvalue weighted by Crippen LogP contribution is 2.33. The summed E-state index contributed by atoms with van der Waals surface area (Å²) < 4.78 is 19.8. The molecule has 2 aromatic carbocycles. The zero-order chi connectivity index (χ0) is 22.7. The molecule has 1 fully saturated rings. The van der Waals surface area contributed by atoms with Crippen molar-refractivity contribution in [3.63, 3.8) is 0 Å². The van der Waals surface area contributed by atoms with Crippen molar-refractivity contribution in [2.24, 2.45) is 0 Å². The van der Waals surface area contributed by atoms with Crippen LogP contribution in [0.4, 0.5) is 4.39 Å². The van der Waals surface area contributed by atoms with Crippen LogP contribution in [0.3, 0.4) is 0 Å². The number of halogens is 3. The predicted molar refractivity (Wildman–Crippen MR) is 122 cm³/mol. The molecule has 0 aliphatic carbocycles. The minimum atomic E-state index is -1.14. The Bertz CT molecular complexity index is 971. The van der Waals surface area contributed by atoms with Crippen molar-refractivity contribution in [3.8, 4) is 5.75 Å². The fraction of sp³-hybridized carbons (Fsp3) is 0.364. The third-order valence-electron chi connectivity index (χ3n) is 5.31. The first-order valence-electron chi connectivity index (χ1n) is 9.78. The van der Waals surface area contributed by atoms with Crippen LogP contribution in [0.15, 0.2) is 45.3 Å². The molecule has 2 atom stereocenters. The second-order valence-electron chi connectivity index (χ2n) is 7.66. The average molecular weight is 558 g/mol. The highest BCUT2D eigenvalue weighted by Gasteiger charge is 2.32. The number of carboxylic acids is 1. The molecule has 2 aromatic rings. The van der Waals surface area contributed by atoms with E-state index >= 15 is 0 Å². The van der Waals surface area contributed by atoms with Crippen molar-refractivity contribution in [2.75, 3.05) is 19.7 Å². The van der Waals surface area contributed by atoms with Crippen LogP contribution in [-0.2, 0) is 11.3 Å². The minimum absolute atomic E-state index is 0.0282. The molecule has 166 valence electrons. The Hall–Kier alpha value is -1.97. The Labute approximate surface area is 197 Å². The van der Waals surface area contributed by atoms with Gasteiger partial charge in [-0.1, -0.05) is 28.1 Å². The molecular formula is C22H23Br2FN2O4. The van der Waals surface area contributed by atoms with Crippen LogP contribution in [0.1, 0.15) is 29.8 Å². The predicted octanol–water partition coefficient (Wildman–Crippen LogP) is 4.55. The van der Waals surface area contributed by atoms with Crippen LogP contribution in [0.5, 0.6) is 5.75 Å². The molecule has 0 bridgehead atoms. The molecule has 9 heteroatoms. The summed E-state index contributed by atoms with van der Waals surface area (Å²) in [6.45, 7) is 5.64. The second-order valence-corrected chi connectivity index (χ2v) is 9.43. The van der Waals surface area contributed by atoms with Crippen molar-refractivity contribution >= 4 is 43.7 Å². The molecule has 0 spiro atoms. The van der Waals surface area contributed by atoms with Gasteiger partial charge < -0.3 is 14.7 Å². The maximum Gasteiger partial charge on any atom is 0.339 e. The van der Waals surface area contributed by atoms with Gasteiger partial charge >= 0.3 is 5.97 Å². The van der Waals surface area contributed by atoms with E-state index in [1.165, 1.54) is 18.2 Å². The van der Waals surface area contributed by atoms with E-state index in [1.807, 2.05) is 13.8 Å². The normalized spacial score (nSPS) is 19.3. The number of piperazine rings is 1. The molecule has 3 rings (SSSR count). The molecule has 1 amide bonds. The lowest BCUT2D eigenvalue weighted by atomic mass is 10.1. The number of carbonyl (C=O) groups is 2. The number of rotatable bonds is 6. The van der Waals surface area contributed by atoms with E-state index in [2.05, 4.69) is 36.8 Å². The number of hydrogen-bond acceptors (Lipinski definition) is 4. The third kappa shape index (κ3) is 5.84. The van der Waals surface area contributed by atoms with Crippen LogP contribution in [0.2, 0.25) is 0 Å². The smallest absolute Gasteiger partial charge is 0.339 e. The number of nitrogens with zero attached hydrogens (tertiary/aromatic N) is 2. The monoisotopic (exact) mass is 556 g/mol. The van der Waals surface area contributed by atoms with Gasteiger partial charge in [-0.25, -0.2) is 9.18 Å². The lowest BCUT2D eigenvalue weighted by Crippen LogP contribution is -2.58. The Balaban J connectivity index is 1.63. The van der Waals surface area contributed by atoms with E-state index in [-0.39, 0.29) is 41.7 Å². The fourth-order valence-electron chi connectivity index (χ4n) is 3.67. The fourth-order valence-corrected chi connectivity index (χ4v) is 5.01. The van der Waals surface area contributed by atoms with Gasteiger partial charge in [0.2, 0.25) is 0 Å². The summed E-state index contributed by atoms with van der Waals surface area (Å²) in [6.07, 6.45) is 0. The van der Waals surface area contributed by atoms with Crippen LogP contribution in [0.25, 0.3) is 0 Å². The molecule has 1 heterocycles. The SMILES string of the molecule is C[C@@H]1CN(Cc2ccc(F)cc2)[C@@H](C)CN1C(=O)COc1c(Br)cc(Br)cc1C(=O)O. The molecule has 1 N–H and O–H groups in total. The van der Waals surface area contributed by atoms with E-state index in [0.717, 1.165) is 5.56 Å². The standard InChI is InChI=1S/C22H23Br2FN2O4/c1-13-10-27(14(2)9-26(13)11-15-3-5-17(25)6-4-15)20(28)12-31-21-18(22(29)30)7-16(23)8-19(21)24/h3-8,13-14H,9-12H2,1-2H3,(H,29,30)/t13-,14+/m0/s1. The second kappa shape index (κ2) is 10.1. The summed E-state index contributed by atoms with van der Waals surface area (Å²) in [5, 5.41) is 9.43. The van der Waals surface area contributed by atoms with E-state index in [4.69, 9.17) is 4.74 Å². The molecule has 1 saturated heterocycles. The van der Waals surface area contributed by atoms with Gasteiger partial charge in [-0.15, -0.1) is 0 Å². The topological polar surface area (TPSA) is 70.1 Å². The number of carboxylic acid groups (broad SMARTS) is 1. The largest absolute Gasteiger partial charge is 0.482 e. The van der Waals surface area contributed by atoms with Crippen molar-refractivity contribution in [3.05, 3.63) is 62.3 Å². The number of carbonyl (C=O) groups excluding carboxylic acids is 1. The summed E-state index contributed by atoms with van der Waals surface area (Å²) in [7, 11) is 0. The van der Waals surface area contributed by atoms with Gasteiger partial charge in [-0.2, -0.15) is 0 Å². The quantitative estimate of drug-likeness (QED) is 0.564. The number of amides is 1. The van der Waals surface area contributed by atoms with E-state index in [9.17, 15) is 19.1 Å². The first-order valence-corrected chi connectivity index (χ1v) is 11.4. The Kier molecular flexibility index (Phi) is 7.72. The molecule has 1 aliphatic heterocycles. The van der Waals surface area contributed by atoms with Crippen molar-refractivity contribution in [2.45, 2.75) is 32.5 Å². The highest BCUT2D eigenvalue weighted by molar-refractivity contribution is 9.11. The lowest BCUT2D eigenvalue weighted by Gasteiger charge is -2.44. The van der Waals surface area contributed by atoms with E-state index in [1.54, 1.807) is 23.1 Å². The van der Waals surface area contributed by atoms with Gasteiger partial charge in [0.05, 0.1) is 4.47 Å². The lowest BCUT2D eigenvalue weighted by molar-refractivity contribution is -0.139. The number of benzene rings is 2. The molecule has 1 aliphatic rings. The Morgan fingerprint density at radius 3 is 2.45 bits per heavy atom. The molecule has 0 saturated carbocycles. The van der Waals surface area contributed by atoms with Gasteiger partial charge in [-0.3, -0.25) is 9.69 Å². The van der Waals surface area contributed by atoms with Gasteiger partial charge in [-0.05, 0) is 59.6 Å². The maximum absolute atomic E-state index is 13.1.